The van der Waals surface area contributed by atoms with E-state index in [4.69, 9.17) is 4.74 Å². The summed E-state index contributed by atoms with van der Waals surface area (Å²) in [4.78, 5) is 37.8. The van der Waals surface area contributed by atoms with Crippen molar-refractivity contribution < 1.29 is 19.1 Å². The zero-order valence-corrected chi connectivity index (χ0v) is 13.3. The lowest BCUT2D eigenvalue weighted by molar-refractivity contribution is -0.146. The number of carbonyl (C=O) groups excluding carboxylic acids is 3. The third kappa shape index (κ3) is 2.32. The second kappa shape index (κ2) is 5.90. The summed E-state index contributed by atoms with van der Waals surface area (Å²) >= 11 is 2.12. The maximum atomic E-state index is 12.4. The maximum absolute atomic E-state index is 12.4. The Hall–Kier alpha value is -1.44. The van der Waals surface area contributed by atoms with Crippen molar-refractivity contribution in [1.29, 1.82) is 0 Å². The standard InChI is InChI=1S/C14H14INO4/c1-8(7-15)11(14(19)20-2)16-12(17)9-5-3-4-6-10(9)13(16)18/h3-6,8,11H,7H2,1-2H3/t8-,11+/m1/s1. The lowest BCUT2D eigenvalue weighted by Crippen LogP contribution is -2.49. The molecule has 0 spiro atoms. The van der Waals surface area contributed by atoms with Crippen molar-refractivity contribution >= 4 is 40.4 Å². The molecule has 2 rings (SSSR count). The Morgan fingerprint density at radius 1 is 1.25 bits per heavy atom. The van der Waals surface area contributed by atoms with E-state index >= 15 is 0 Å². The third-order valence-electron chi connectivity index (χ3n) is 3.33. The van der Waals surface area contributed by atoms with Crippen LogP contribution in [0.25, 0.3) is 0 Å². The van der Waals surface area contributed by atoms with Gasteiger partial charge in [0.25, 0.3) is 11.8 Å². The lowest BCUT2D eigenvalue weighted by Gasteiger charge is -2.27. The molecular weight excluding hydrogens is 373 g/mol. The Morgan fingerprint density at radius 3 is 2.15 bits per heavy atom. The van der Waals surface area contributed by atoms with Crippen molar-refractivity contribution in [2.75, 3.05) is 11.5 Å². The average molecular weight is 387 g/mol. The van der Waals surface area contributed by atoms with Crippen LogP contribution in [-0.4, -0.2) is 40.3 Å². The summed E-state index contributed by atoms with van der Waals surface area (Å²) in [5.41, 5.74) is 0.680. The second-order valence-electron chi connectivity index (χ2n) is 4.63. The van der Waals surface area contributed by atoms with Gasteiger partial charge in [0.15, 0.2) is 0 Å². The number of ether oxygens (including phenoxy) is 1. The molecule has 1 heterocycles. The summed E-state index contributed by atoms with van der Waals surface area (Å²) in [6.07, 6.45) is 0. The van der Waals surface area contributed by atoms with Crippen molar-refractivity contribution in [1.82, 2.24) is 4.90 Å². The number of benzene rings is 1. The first-order chi connectivity index (χ1) is 9.52. The largest absolute Gasteiger partial charge is 0.467 e. The molecule has 1 aliphatic rings. The number of imide groups is 1. The third-order valence-corrected chi connectivity index (χ3v) is 4.72. The van der Waals surface area contributed by atoms with Crippen LogP contribution in [0.1, 0.15) is 27.6 Å². The Morgan fingerprint density at radius 2 is 1.75 bits per heavy atom. The van der Waals surface area contributed by atoms with Crippen LogP contribution in [0.15, 0.2) is 24.3 Å². The van der Waals surface area contributed by atoms with Gasteiger partial charge in [-0.2, -0.15) is 0 Å². The highest BCUT2D eigenvalue weighted by atomic mass is 127. The predicted molar refractivity (Wildman–Crippen MR) is 80.8 cm³/mol. The van der Waals surface area contributed by atoms with Gasteiger partial charge in [0, 0.05) is 4.43 Å². The van der Waals surface area contributed by atoms with Gasteiger partial charge < -0.3 is 4.74 Å². The quantitative estimate of drug-likeness (QED) is 0.343. The van der Waals surface area contributed by atoms with Crippen molar-refractivity contribution in [3.63, 3.8) is 0 Å². The zero-order chi connectivity index (χ0) is 14.9. The van der Waals surface area contributed by atoms with Gasteiger partial charge in [0.2, 0.25) is 0 Å². The van der Waals surface area contributed by atoms with E-state index < -0.39 is 23.8 Å². The molecule has 2 atom stereocenters. The van der Waals surface area contributed by atoms with Crippen LogP contribution < -0.4 is 0 Å². The molecule has 0 N–H and O–H groups in total. The molecule has 0 unspecified atom stereocenters. The topological polar surface area (TPSA) is 63.7 Å². The first-order valence-corrected chi connectivity index (χ1v) is 7.66. The van der Waals surface area contributed by atoms with E-state index in [1.165, 1.54) is 7.11 Å². The van der Waals surface area contributed by atoms with E-state index in [1.54, 1.807) is 24.3 Å². The number of halogens is 1. The molecule has 20 heavy (non-hydrogen) atoms. The van der Waals surface area contributed by atoms with Crippen molar-refractivity contribution in [2.24, 2.45) is 5.92 Å². The molecule has 1 aromatic rings. The minimum atomic E-state index is -0.885. The summed E-state index contributed by atoms with van der Waals surface area (Å²) in [7, 11) is 1.26. The number of carbonyl (C=O) groups is 3. The molecule has 0 aromatic heterocycles. The Balaban J connectivity index is 2.44. The zero-order valence-electron chi connectivity index (χ0n) is 11.1. The molecule has 1 aromatic carbocycles. The van der Waals surface area contributed by atoms with Crippen LogP contribution >= 0.6 is 22.6 Å². The first-order valence-electron chi connectivity index (χ1n) is 6.13. The van der Waals surface area contributed by atoms with Gasteiger partial charge in [-0.05, 0) is 18.1 Å². The normalized spacial score (nSPS) is 16.9. The van der Waals surface area contributed by atoms with Crippen LogP contribution in [0.2, 0.25) is 0 Å². The van der Waals surface area contributed by atoms with Crippen LogP contribution in [0.3, 0.4) is 0 Å². The number of amides is 2. The Labute approximate surface area is 130 Å². The fourth-order valence-corrected chi connectivity index (χ4v) is 2.74. The highest BCUT2D eigenvalue weighted by Crippen LogP contribution is 2.28. The van der Waals surface area contributed by atoms with E-state index in [9.17, 15) is 14.4 Å². The summed E-state index contributed by atoms with van der Waals surface area (Å²) < 4.78 is 5.38. The first kappa shape index (κ1) is 15.0. The summed E-state index contributed by atoms with van der Waals surface area (Å²) in [5.74, 6) is -1.61. The van der Waals surface area contributed by atoms with Crippen LogP contribution in [0.5, 0.6) is 0 Å². The van der Waals surface area contributed by atoms with E-state index in [-0.39, 0.29) is 5.92 Å². The van der Waals surface area contributed by atoms with Gasteiger partial charge in [-0.1, -0.05) is 41.6 Å². The highest BCUT2D eigenvalue weighted by molar-refractivity contribution is 14.1. The average Bonchev–Trinajstić information content (AvgIpc) is 2.72. The van der Waals surface area contributed by atoms with Crippen LogP contribution in [0.4, 0.5) is 0 Å². The molecule has 2 amide bonds. The molecule has 0 radical (unpaired) electrons. The minimum Gasteiger partial charge on any atom is -0.467 e. The van der Waals surface area contributed by atoms with E-state index in [1.807, 2.05) is 6.92 Å². The molecule has 106 valence electrons. The van der Waals surface area contributed by atoms with Gasteiger partial charge in [-0.15, -0.1) is 0 Å². The number of fused-ring (bicyclic) bond motifs is 1. The Kier molecular flexibility index (Phi) is 4.42. The Bertz CT molecular complexity index is 537. The number of methoxy groups -OCH3 is 1. The molecule has 1 aliphatic heterocycles. The molecule has 0 saturated carbocycles. The SMILES string of the molecule is COC(=O)[C@H]([C@H](C)CI)N1C(=O)c2ccccc2C1=O. The maximum Gasteiger partial charge on any atom is 0.329 e. The molecule has 5 nitrogen and oxygen atoms in total. The van der Waals surface area contributed by atoms with Crippen LogP contribution in [0, 0.1) is 5.92 Å². The summed E-state index contributed by atoms with van der Waals surface area (Å²) in [6, 6.07) is 5.70. The van der Waals surface area contributed by atoms with Crippen LogP contribution in [-0.2, 0) is 9.53 Å². The fourth-order valence-electron chi connectivity index (χ4n) is 2.26. The van der Waals surface area contributed by atoms with Gasteiger partial charge in [-0.3, -0.25) is 14.5 Å². The molecule has 0 aliphatic carbocycles. The summed E-state index contributed by atoms with van der Waals surface area (Å²) in [5, 5.41) is 0. The van der Waals surface area contributed by atoms with Gasteiger partial charge in [0.1, 0.15) is 6.04 Å². The van der Waals surface area contributed by atoms with E-state index in [0.29, 0.717) is 15.6 Å². The lowest BCUT2D eigenvalue weighted by atomic mass is 10.0. The number of alkyl halides is 1. The number of hydrogen-bond donors (Lipinski definition) is 0. The van der Waals surface area contributed by atoms with E-state index in [2.05, 4.69) is 22.6 Å². The molecule has 6 heteroatoms. The summed E-state index contributed by atoms with van der Waals surface area (Å²) in [6.45, 7) is 1.82. The van der Waals surface area contributed by atoms with Crippen molar-refractivity contribution in [3.8, 4) is 0 Å². The highest BCUT2D eigenvalue weighted by Gasteiger charge is 2.45. The molecular formula is C14H14INO4. The van der Waals surface area contributed by atoms with Gasteiger partial charge in [-0.25, -0.2) is 4.79 Å². The smallest absolute Gasteiger partial charge is 0.329 e. The fraction of sp³-hybridized carbons (Fsp3) is 0.357. The van der Waals surface area contributed by atoms with Crippen molar-refractivity contribution in [3.05, 3.63) is 35.4 Å². The monoisotopic (exact) mass is 387 g/mol. The van der Waals surface area contributed by atoms with Gasteiger partial charge >= 0.3 is 5.97 Å². The second-order valence-corrected chi connectivity index (χ2v) is 5.51. The number of esters is 1. The number of nitrogens with zero attached hydrogens (tertiary/aromatic N) is 1. The van der Waals surface area contributed by atoms with E-state index in [0.717, 1.165) is 4.90 Å². The molecule has 0 bridgehead atoms. The van der Waals surface area contributed by atoms with Gasteiger partial charge in [0.05, 0.1) is 18.2 Å². The molecule has 0 saturated heterocycles. The number of rotatable bonds is 4. The predicted octanol–water partition coefficient (Wildman–Crippen LogP) is 1.90. The minimum absolute atomic E-state index is 0.176. The van der Waals surface area contributed by atoms with Crippen molar-refractivity contribution in [2.45, 2.75) is 13.0 Å². The molecule has 0 fully saturated rings. The number of hydrogen-bond acceptors (Lipinski definition) is 4.